The van der Waals surface area contributed by atoms with Gasteiger partial charge in [-0.2, -0.15) is 5.10 Å². The van der Waals surface area contributed by atoms with E-state index in [2.05, 4.69) is 25.5 Å². The monoisotopic (exact) mass is 241 g/mol. The number of anilines is 1. The zero-order valence-electron chi connectivity index (χ0n) is 7.51. The summed E-state index contributed by atoms with van der Waals surface area (Å²) in [5.74, 6) is 0.216. The second-order valence-corrected chi connectivity index (χ2v) is 4.34. The number of hydrogen-bond acceptors (Lipinski definition) is 6. The summed E-state index contributed by atoms with van der Waals surface area (Å²) in [5, 5.41) is 10.4. The molecule has 1 amide bonds. The number of nitrogens with one attached hydrogen (secondary N) is 2. The number of nitrogens with zero attached hydrogens (tertiary/aromatic N) is 3. The van der Waals surface area contributed by atoms with Crippen LogP contribution >= 0.6 is 23.1 Å². The fourth-order valence-corrected chi connectivity index (χ4v) is 1.96. The van der Waals surface area contributed by atoms with Crippen LogP contribution in [0.3, 0.4) is 0 Å². The normalized spacial score (nSPS) is 10.1. The summed E-state index contributed by atoms with van der Waals surface area (Å²) in [6.07, 6.45) is 3.02. The molecule has 0 bridgehead atoms. The Kier molecular flexibility index (Phi) is 3.30. The predicted molar refractivity (Wildman–Crippen MR) is 57.9 cm³/mol. The number of amides is 1. The summed E-state index contributed by atoms with van der Waals surface area (Å²) in [6, 6.07) is 0. The van der Waals surface area contributed by atoms with E-state index in [9.17, 15) is 4.79 Å². The number of aromatic nitrogens is 4. The molecule has 0 saturated carbocycles. The maximum atomic E-state index is 11.4. The molecule has 15 heavy (non-hydrogen) atoms. The number of thioether (sulfide) groups is 1. The van der Waals surface area contributed by atoms with Crippen LogP contribution in [0, 0.1) is 0 Å². The Morgan fingerprint density at radius 2 is 2.60 bits per heavy atom. The summed E-state index contributed by atoms with van der Waals surface area (Å²) in [7, 11) is 0. The molecule has 2 aromatic heterocycles. The lowest BCUT2D eigenvalue weighted by Gasteiger charge is -1.99. The second kappa shape index (κ2) is 4.89. The first-order valence-electron chi connectivity index (χ1n) is 4.01. The average Bonchev–Trinajstić information content (AvgIpc) is 2.86. The Balaban J connectivity index is 1.78. The second-order valence-electron chi connectivity index (χ2n) is 2.49. The van der Waals surface area contributed by atoms with Gasteiger partial charge in [-0.05, 0) is 0 Å². The first-order chi connectivity index (χ1) is 7.34. The lowest BCUT2D eigenvalue weighted by atomic mass is 10.7. The zero-order chi connectivity index (χ0) is 10.5. The molecule has 2 rings (SSSR count). The molecule has 0 radical (unpaired) electrons. The first-order valence-corrected chi connectivity index (χ1v) is 5.87. The zero-order valence-corrected chi connectivity index (χ0v) is 9.14. The van der Waals surface area contributed by atoms with Crippen LogP contribution < -0.4 is 5.32 Å². The average molecular weight is 241 g/mol. The third kappa shape index (κ3) is 3.03. The van der Waals surface area contributed by atoms with E-state index in [1.165, 1.54) is 29.4 Å². The standard InChI is InChI=1S/C7H7N5OS2/c13-5(11-6-1-8-4-15-6)2-14-7-9-3-10-12-7/h1,3-4H,2H2,(H,11,13)(H,9,10,12). The van der Waals surface area contributed by atoms with Gasteiger partial charge in [0.1, 0.15) is 11.3 Å². The molecule has 2 heterocycles. The molecule has 0 unspecified atom stereocenters. The Hall–Kier alpha value is -1.41. The van der Waals surface area contributed by atoms with E-state index in [1.54, 1.807) is 11.7 Å². The third-order valence-corrected chi connectivity index (χ3v) is 2.99. The molecule has 0 spiro atoms. The Bertz CT molecular complexity index is 413. The van der Waals surface area contributed by atoms with E-state index >= 15 is 0 Å². The van der Waals surface area contributed by atoms with Crippen LogP contribution in [0.25, 0.3) is 0 Å². The van der Waals surface area contributed by atoms with Gasteiger partial charge in [-0.25, -0.2) is 4.98 Å². The fraction of sp³-hybridized carbons (Fsp3) is 0.143. The largest absolute Gasteiger partial charge is 0.316 e. The summed E-state index contributed by atoms with van der Waals surface area (Å²) < 4.78 is 0. The number of carbonyl (C=O) groups is 1. The molecule has 0 aliphatic rings. The molecule has 2 aromatic rings. The van der Waals surface area contributed by atoms with Crippen LogP contribution in [0.2, 0.25) is 0 Å². The van der Waals surface area contributed by atoms with E-state index < -0.39 is 0 Å². The maximum Gasteiger partial charge on any atom is 0.235 e. The van der Waals surface area contributed by atoms with Crippen molar-refractivity contribution in [3.8, 4) is 0 Å². The molecule has 0 atom stereocenters. The van der Waals surface area contributed by atoms with E-state index in [4.69, 9.17) is 0 Å². The summed E-state index contributed by atoms with van der Waals surface area (Å²) >= 11 is 2.69. The fourth-order valence-electron chi connectivity index (χ4n) is 0.849. The number of rotatable bonds is 4. The van der Waals surface area contributed by atoms with E-state index in [-0.39, 0.29) is 5.91 Å². The van der Waals surface area contributed by atoms with Crippen molar-refractivity contribution < 1.29 is 4.79 Å². The molecular formula is C7H7N5OS2. The summed E-state index contributed by atoms with van der Waals surface area (Å²) in [6.45, 7) is 0. The highest BCUT2D eigenvalue weighted by atomic mass is 32.2. The lowest BCUT2D eigenvalue weighted by molar-refractivity contribution is -0.113. The van der Waals surface area contributed by atoms with Gasteiger partial charge in [-0.3, -0.25) is 14.9 Å². The molecule has 2 N–H and O–H groups in total. The first kappa shape index (κ1) is 10.1. The molecule has 78 valence electrons. The van der Waals surface area contributed by atoms with Gasteiger partial charge in [0.2, 0.25) is 5.91 Å². The number of H-pyrrole nitrogens is 1. The molecule has 0 aliphatic carbocycles. The van der Waals surface area contributed by atoms with Crippen LogP contribution in [0.5, 0.6) is 0 Å². The van der Waals surface area contributed by atoms with Gasteiger partial charge in [0, 0.05) is 0 Å². The highest BCUT2D eigenvalue weighted by molar-refractivity contribution is 7.99. The van der Waals surface area contributed by atoms with Gasteiger partial charge in [0.25, 0.3) is 0 Å². The van der Waals surface area contributed by atoms with Crippen LogP contribution in [0.4, 0.5) is 5.00 Å². The highest BCUT2D eigenvalue weighted by Gasteiger charge is 2.05. The molecule has 0 aromatic carbocycles. The van der Waals surface area contributed by atoms with Crippen molar-refractivity contribution >= 4 is 34.0 Å². The van der Waals surface area contributed by atoms with Crippen molar-refractivity contribution in [1.29, 1.82) is 0 Å². The van der Waals surface area contributed by atoms with Crippen LogP contribution in [0.1, 0.15) is 0 Å². The van der Waals surface area contributed by atoms with E-state index in [0.717, 1.165) is 5.00 Å². The van der Waals surface area contributed by atoms with Gasteiger partial charge < -0.3 is 5.32 Å². The van der Waals surface area contributed by atoms with Crippen molar-refractivity contribution in [1.82, 2.24) is 20.2 Å². The minimum atomic E-state index is -0.0827. The maximum absolute atomic E-state index is 11.4. The molecule has 6 nitrogen and oxygen atoms in total. The highest BCUT2D eigenvalue weighted by Crippen LogP contribution is 2.14. The van der Waals surface area contributed by atoms with Crippen LogP contribution in [0.15, 0.2) is 23.2 Å². The number of hydrogen-bond donors (Lipinski definition) is 2. The number of thiazole rings is 1. The van der Waals surface area contributed by atoms with Crippen LogP contribution in [-0.4, -0.2) is 31.8 Å². The molecule has 8 heteroatoms. The van der Waals surface area contributed by atoms with Gasteiger partial charge in [0.05, 0.1) is 17.5 Å². The number of carbonyl (C=O) groups excluding carboxylic acids is 1. The topological polar surface area (TPSA) is 83.6 Å². The van der Waals surface area contributed by atoms with Crippen LogP contribution in [-0.2, 0) is 4.79 Å². The summed E-state index contributed by atoms with van der Waals surface area (Å²) in [4.78, 5) is 19.1. The van der Waals surface area contributed by atoms with Crippen molar-refractivity contribution in [2.75, 3.05) is 11.1 Å². The van der Waals surface area contributed by atoms with Crippen molar-refractivity contribution in [2.24, 2.45) is 0 Å². The molecule has 0 aliphatic heterocycles. The van der Waals surface area contributed by atoms with Gasteiger partial charge in [-0.1, -0.05) is 11.8 Å². The quantitative estimate of drug-likeness (QED) is 0.780. The van der Waals surface area contributed by atoms with Crippen molar-refractivity contribution in [3.63, 3.8) is 0 Å². The molecular weight excluding hydrogens is 234 g/mol. The van der Waals surface area contributed by atoms with Crippen molar-refractivity contribution in [3.05, 3.63) is 18.0 Å². The minimum absolute atomic E-state index is 0.0827. The lowest BCUT2D eigenvalue weighted by Crippen LogP contribution is -2.13. The van der Waals surface area contributed by atoms with E-state index in [1.807, 2.05) is 0 Å². The Morgan fingerprint density at radius 1 is 1.67 bits per heavy atom. The van der Waals surface area contributed by atoms with Gasteiger partial charge in [-0.15, -0.1) is 11.3 Å². The van der Waals surface area contributed by atoms with Crippen molar-refractivity contribution in [2.45, 2.75) is 5.16 Å². The Morgan fingerprint density at radius 3 is 3.27 bits per heavy atom. The summed E-state index contributed by atoms with van der Waals surface area (Å²) in [5.41, 5.74) is 1.67. The third-order valence-electron chi connectivity index (χ3n) is 1.43. The molecule has 0 fully saturated rings. The SMILES string of the molecule is O=C(CSc1ncn[nH]1)Nc1cncs1. The van der Waals surface area contributed by atoms with Gasteiger partial charge in [0.15, 0.2) is 5.16 Å². The smallest absolute Gasteiger partial charge is 0.235 e. The van der Waals surface area contributed by atoms with E-state index in [0.29, 0.717) is 10.9 Å². The molecule has 0 saturated heterocycles. The number of aromatic amines is 1. The Labute approximate surface area is 93.5 Å². The minimum Gasteiger partial charge on any atom is -0.316 e. The van der Waals surface area contributed by atoms with Gasteiger partial charge >= 0.3 is 0 Å². The predicted octanol–water partition coefficient (Wildman–Crippen LogP) is 0.992.